The molecule has 90 valence electrons. The Morgan fingerprint density at radius 1 is 1.29 bits per heavy atom. The van der Waals surface area contributed by atoms with Gasteiger partial charge in [-0.2, -0.15) is 0 Å². The smallest absolute Gasteiger partial charge is 0.263 e. The summed E-state index contributed by atoms with van der Waals surface area (Å²) >= 11 is 0. The number of carbonyl (C=O) groups excluding carboxylic acids is 2. The second-order valence-electron chi connectivity index (χ2n) is 5.19. The SMILES string of the molecule is CC(C)(C)C(=O)N1C(=O)c2ccccc2C1O. The lowest BCUT2D eigenvalue weighted by Gasteiger charge is -2.26. The van der Waals surface area contributed by atoms with Crippen molar-refractivity contribution in [2.45, 2.75) is 27.0 Å². The van der Waals surface area contributed by atoms with Crippen LogP contribution in [-0.2, 0) is 4.79 Å². The van der Waals surface area contributed by atoms with Gasteiger partial charge in [-0.05, 0) is 6.07 Å². The highest BCUT2D eigenvalue weighted by molar-refractivity contribution is 6.09. The van der Waals surface area contributed by atoms with Gasteiger partial charge >= 0.3 is 0 Å². The van der Waals surface area contributed by atoms with Gasteiger partial charge in [0.15, 0.2) is 6.23 Å². The summed E-state index contributed by atoms with van der Waals surface area (Å²) < 4.78 is 0. The third-order valence-electron chi connectivity index (χ3n) is 2.79. The minimum Gasteiger partial charge on any atom is -0.369 e. The van der Waals surface area contributed by atoms with Gasteiger partial charge in [-0.15, -0.1) is 0 Å². The molecule has 1 heterocycles. The number of amides is 2. The van der Waals surface area contributed by atoms with Crippen LogP contribution in [0.1, 0.15) is 42.9 Å². The summed E-state index contributed by atoms with van der Waals surface area (Å²) in [6.45, 7) is 5.16. The highest BCUT2D eigenvalue weighted by atomic mass is 16.3. The Bertz CT molecular complexity index is 488. The Morgan fingerprint density at radius 2 is 1.88 bits per heavy atom. The molecule has 17 heavy (non-hydrogen) atoms. The maximum absolute atomic E-state index is 12.1. The van der Waals surface area contributed by atoms with Gasteiger partial charge in [0, 0.05) is 16.5 Å². The molecule has 1 aromatic carbocycles. The first-order valence-corrected chi connectivity index (χ1v) is 5.49. The third kappa shape index (κ3) is 1.74. The lowest BCUT2D eigenvalue weighted by molar-refractivity contribution is -0.144. The van der Waals surface area contributed by atoms with Crippen molar-refractivity contribution in [3.05, 3.63) is 35.4 Å². The Hall–Kier alpha value is -1.68. The van der Waals surface area contributed by atoms with E-state index >= 15 is 0 Å². The number of rotatable bonds is 0. The quantitative estimate of drug-likeness (QED) is 0.742. The van der Waals surface area contributed by atoms with Crippen molar-refractivity contribution >= 4 is 11.8 Å². The molecule has 4 nitrogen and oxygen atoms in total. The summed E-state index contributed by atoms with van der Waals surface area (Å²) in [5, 5.41) is 10.0. The van der Waals surface area contributed by atoms with Crippen LogP contribution in [0.25, 0.3) is 0 Å². The zero-order chi connectivity index (χ0) is 12.8. The van der Waals surface area contributed by atoms with E-state index < -0.39 is 17.6 Å². The standard InChI is InChI=1S/C13H15NO3/c1-13(2,3)12(17)14-10(15)8-6-4-5-7-9(8)11(14)16/h4-7,10,15H,1-3H3. The second-order valence-corrected chi connectivity index (χ2v) is 5.19. The van der Waals surface area contributed by atoms with Crippen molar-refractivity contribution in [2.24, 2.45) is 5.41 Å². The topological polar surface area (TPSA) is 57.6 Å². The number of benzene rings is 1. The number of hydrogen-bond acceptors (Lipinski definition) is 3. The minimum absolute atomic E-state index is 0.369. The molecule has 1 aromatic rings. The average molecular weight is 233 g/mol. The number of hydrogen-bond donors (Lipinski definition) is 1. The van der Waals surface area contributed by atoms with Crippen molar-refractivity contribution in [1.29, 1.82) is 0 Å². The maximum Gasteiger partial charge on any atom is 0.263 e. The second kappa shape index (κ2) is 3.67. The Morgan fingerprint density at radius 3 is 2.41 bits per heavy atom. The minimum atomic E-state index is -1.16. The first-order valence-electron chi connectivity index (χ1n) is 5.49. The molecule has 0 radical (unpaired) electrons. The van der Waals surface area contributed by atoms with Gasteiger partial charge in [0.25, 0.3) is 5.91 Å². The molecule has 2 amide bonds. The summed E-state index contributed by atoms with van der Waals surface area (Å²) in [5.74, 6) is -0.792. The highest BCUT2D eigenvalue weighted by Gasteiger charge is 2.42. The molecule has 1 aliphatic rings. The predicted octanol–water partition coefficient (Wildman–Crippen LogP) is 1.71. The van der Waals surface area contributed by atoms with Crippen molar-refractivity contribution in [2.75, 3.05) is 0 Å². The molecule has 0 saturated carbocycles. The number of fused-ring (bicyclic) bond motifs is 1. The molecule has 1 aliphatic heterocycles. The van der Waals surface area contributed by atoms with Gasteiger partial charge in [-0.25, -0.2) is 4.90 Å². The highest BCUT2D eigenvalue weighted by Crippen LogP contribution is 2.34. The van der Waals surface area contributed by atoms with Gasteiger partial charge in [-0.1, -0.05) is 39.0 Å². The van der Waals surface area contributed by atoms with E-state index in [1.807, 2.05) is 0 Å². The fourth-order valence-corrected chi connectivity index (χ4v) is 1.86. The van der Waals surface area contributed by atoms with E-state index in [0.717, 1.165) is 4.90 Å². The van der Waals surface area contributed by atoms with Crippen LogP contribution in [0, 0.1) is 5.41 Å². The molecule has 1 unspecified atom stereocenters. The molecule has 0 aliphatic carbocycles. The number of aliphatic hydroxyl groups is 1. The number of carbonyl (C=O) groups is 2. The molecule has 0 aromatic heterocycles. The number of aliphatic hydroxyl groups excluding tert-OH is 1. The lowest BCUT2D eigenvalue weighted by Crippen LogP contribution is -2.41. The Balaban J connectivity index is 2.43. The first-order chi connectivity index (χ1) is 7.84. The number of imide groups is 1. The molecule has 1 atom stereocenters. The van der Waals surface area contributed by atoms with Gasteiger partial charge in [-0.3, -0.25) is 9.59 Å². The van der Waals surface area contributed by atoms with E-state index in [2.05, 4.69) is 0 Å². The summed E-state index contributed by atoms with van der Waals surface area (Å²) in [4.78, 5) is 25.1. The third-order valence-corrected chi connectivity index (χ3v) is 2.79. The molecule has 2 rings (SSSR count). The zero-order valence-corrected chi connectivity index (χ0v) is 10.1. The fraction of sp³-hybridized carbons (Fsp3) is 0.385. The van der Waals surface area contributed by atoms with E-state index in [0.29, 0.717) is 11.1 Å². The van der Waals surface area contributed by atoms with Crippen LogP contribution in [0.4, 0.5) is 0 Å². The summed E-state index contributed by atoms with van der Waals surface area (Å²) in [7, 11) is 0. The van der Waals surface area contributed by atoms with Crippen LogP contribution in [0.15, 0.2) is 24.3 Å². The fourth-order valence-electron chi connectivity index (χ4n) is 1.86. The van der Waals surface area contributed by atoms with Crippen LogP contribution < -0.4 is 0 Å². The maximum atomic E-state index is 12.1. The average Bonchev–Trinajstić information content (AvgIpc) is 2.51. The zero-order valence-electron chi connectivity index (χ0n) is 10.1. The Labute approximate surface area is 99.9 Å². The van der Waals surface area contributed by atoms with E-state index in [9.17, 15) is 14.7 Å². The molecule has 0 fully saturated rings. The van der Waals surface area contributed by atoms with Crippen LogP contribution in [0.2, 0.25) is 0 Å². The van der Waals surface area contributed by atoms with Crippen LogP contribution in [0.5, 0.6) is 0 Å². The van der Waals surface area contributed by atoms with E-state index in [1.54, 1.807) is 45.0 Å². The van der Waals surface area contributed by atoms with E-state index in [-0.39, 0.29) is 5.91 Å². The van der Waals surface area contributed by atoms with Crippen LogP contribution in [-0.4, -0.2) is 21.8 Å². The summed E-state index contributed by atoms with van der Waals surface area (Å²) in [5.41, 5.74) is 0.200. The first kappa shape index (κ1) is 11.8. The van der Waals surface area contributed by atoms with Gasteiger partial charge in [0.2, 0.25) is 5.91 Å². The largest absolute Gasteiger partial charge is 0.369 e. The molecule has 4 heteroatoms. The van der Waals surface area contributed by atoms with Gasteiger partial charge in [0.05, 0.1) is 0 Å². The molecule has 0 spiro atoms. The molecular weight excluding hydrogens is 218 g/mol. The monoisotopic (exact) mass is 233 g/mol. The van der Waals surface area contributed by atoms with E-state index in [1.165, 1.54) is 0 Å². The lowest BCUT2D eigenvalue weighted by atomic mass is 9.95. The van der Waals surface area contributed by atoms with Gasteiger partial charge < -0.3 is 5.11 Å². The molecular formula is C13H15NO3. The van der Waals surface area contributed by atoms with E-state index in [4.69, 9.17) is 0 Å². The van der Waals surface area contributed by atoms with Gasteiger partial charge in [0.1, 0.15) is 0 Å². The van der Waals surface area contributed by atoms with Crippen molar-refractivity contribution in [1.82, 2.24) is 4.90 Å². The van der Waals surface area contributed by atoms with Crippen molar-refractivity contribution in [3.63, 3.8) is 0 Å². The Kier molecular flexibility index (Phi) is 2.54. The van der Waals surface area contributed by atoms with Crippen LogP contribution >= 0.6 is 0 Å². The summed E-state index contributed by atoms with van der Waals surface area (Å²) in [6, 6.07) is 6.74. The predicted molar refractivity (Wildman–Crippen MR) is 62.0 cm³/mol. The normalized spacial score (nSPS) is 19.4. The van der Waals surface area contributed by atoms with Crippen LogP contribution in [0.3, 0.4) is 0 Å². The summed E-state index contributed by atoms with van der Waals surface area (Å²) in [6.07, 6.45) is -1.16. The molecule has 0 bridgehead atoms. The molecule has 1 N–H and O–H groups in total. The van der Waals surface area contributed by atoms with Crippen molar-refractivity contribution in [3.8, 4) is 0 Å². The molecule has 0 saturated heterocycles. The van der Waals surface area contributed by atoms with Crippen molar-refractivity contribution < 1.29 is 14.7 Å². The number of nitrogens with zero attached hydrogens (tertiary/aromatic N) is 1.